The van der Waals surface area contributed by atoms with E-state index >= 15 is 0 Å². The van der Waals surface area contributed by atoms with Crippen LogP contribution in [0.1, 0.15) is 10.6 Å². The topological polar surface area (TPSA) is 88.7 Å². The van der Waals surface area contributed by atoms with E-state index in [-0.39, 0.29) is 23.9 Å². The second-order valence-electron chi connectivity index (χ2n) is 7.52. The Kier molecular flexibility index (Phi) is 5.32. The fourth-order valence-corrected chi connectivity index (χ4v) is 4.77. The van der Waals surface area contributed by atoms with E-state index in [1.807, 2.05) is 36.4 Å². The number of carbonyl (C=O) groups is 2. The highest BCUT2D eigenvalue weighted by atomic mass is 32.1. The zero-order valence-corrected chi connectivity index (χ0v) is 18.0. The third-order valence-corrected chi connectivity index (χ3v) is 6.63. The quantitative estimate of drug-likeness (QED) is 0.479. The van der Waals surface area contributed by atoms with E-state index in [0.29, 0.717) is 42.2 Å². The summed E-state index contributed by atoms with van der Waals surface area (Å²) in [7, 11) is 0. The van der Waals surface area contributed by atoms with Gasteiger partial charge in [-0.15, -0.1) is 11.3 Å². The number of furan rings is 1. The number of rotatable bonds is 4. The highest BCUT2D eigenvalue weighted by Gasteiger charge is 2.26. The van der Waals surface area contributed by atoms with Crippen LogP contribution in [0.25, 0.3) is 20.7 Å². The normalized spacial score (nSPS) is 14.1. The number of nitrogens with zero attached hydrogens (tertiary/aromatic N) is 4. The van der Waals surface area contributed by atoms with Gasteiger partial charge < -0.3 is 14.2 Å². The minimum atomic E-state index is -0.228. The van der Waals surface area contributed by atoms with E-state index in [1.165, 1.54) is 28.5 Å². The van der Waals surface area contributed by atoms with Crippen LogP contribution in [0.3, 0.4) is 0 Å². The molecule has 1 saturated heterocycles. The lowest BCUT2D eigenvalue weighted by Gasteiger charge is -2.34. The molecule has 0 atom stereocenters. The molecule has 8 nitrogen and oxygen atoms in total. The second kappa shape index (κ2) is 8.43. The van der Waals surface area contributed by atoms with E-state index in [2.05, 4.69) is 4.98 Å². The summed E-state index contributed by atoms with van der Waals surface area (Å²) in [4.78, 5) is 47.5. The van der Waals surface area contributed by atoms with Crippen molar-refractivity contribution in [3.05, 3.63) is 77.2 Å². The predicted octanol–water partition coefficient (Wildman–Crippen LogP) is 2.70. The van der Waals surface area contributed by atoms with Crippen LogP contribution >= 0.6 is 11.3 Å². The molecule has 5 rings (SSSR count). The summed E-state index contributed by atoms with van der Waals surface area (Å²) in [6.45, 7) is 1.58. The molecule has 0 unspecified atom stereocenters. The molecule has 1 aliphatic rings. The van der Waals surface area contributed by atoms with Crippen molar-refractivity contribution in [1.82, 2.24) is 19.4 Å². The van der Waals surface area contributed by atoms with Crippen LogP contribution < -0.4 is 5.56 Å². The standard InChI is InChI=1S/C23H20N4O4S/c28-20(25-8-10-26(11-9-25)23(30)18-7-4-12-31-18)14-27-15-24-21-17(22(27)29)13-19(32-21)16-5-2-1-3-6-16/h1-7,12-13,15H,8-11,14H2. The molecule has 3 aromatic heterocycles. The Morgan fingerprint density at radius 3 is 2.47 bits per heavy atom. The molecule has 1 aliphatic heterocycles. The lowest BCUT2D eigenvalue weighted by Crippen LogP contribution is -2.51. The highest BCUT2D eigenvalue weighted by Crippen LogP contribution is 2.30. The molecule has 0 bridgehead atoms. The summed E-state index contributed by atoms with van der Waals surface area (Å²) in [6.07, 6.45) is 2.90. The van der Waals surface area contributed by atoms with E-state index < -0.39 is 0 Å². The van der Waals surface area contributed by atoms with Gasteiger partial charge in [0.2, 0.25) is 5.91 Å². The zero-order valence-electron chi connectivity index (χ0n) is 17.1. The molecule has 0 saturated carbocycles. The molecule has 0 radical (unpaired) electrons. The van der Waals surface area contributed by atoms with Gasteiger partial charge in [-0.25, -0.2) is 4.98 Å². The molecule has 2 amide bonds. The summed E-state index contributed by atoms with van der Waals surface area (Å²) in [5.74, 6) is -0.0575. The molecule has 0 aliphatic carbocycles. The van der Waals surface area contributed by atoms with Crippen molar-refractivity contribution in [3.8, 4) is 10.4 Å². The van der Waals surface area contributed by atoms with Gasteiger partial charge in [0, 0.05) is 31.1 Å². The minimum Gasteiger partial charge on any atom is -0.459 e. The number of benzene rings is 1. The first kappa shape index (κ1) is 20.2. The van der Waals surface area contributed by atoms with Gasteiger partial charge in [0.25, 0.3) is 11.5 Å². The van der Waals surface area contributed by atoms with Crippen molar-refractivity contribution < 1.29 is 14.0 Å². The monoisotopic (exact) mass is 448 g/mol. The Hall–Kier alpha value is -3.72. The van der Waals surface area contributed by atoms with Crippen LogP contribution in [0.5, 0.6) is 0 Å². The zero-order chi connectivity index (χ0) is 22.1. The predicted molar refractivity (Wildman–Crippen MR) is 121 cm³/mol. The lowest BCUT2D eigenvalue weighted by atomic mass is 10.2. The van der Waals surface area contributed by atoms with Crippen molar-refractivity contribution in [2.75, 3.05) is 26.2 Å². The van der Waals surface area contributed by atoms with Gasteiger partial charge in [0.1, 0.15) is 11.4 Å². The fourth-order valence-electron chi connectivity index (χ4n) is 3.78. The molecular weight excluding hydrogens is 428 g/mol. The van der Waals surface area contributed by atoms with Gasteiger partial charge in [-0.1, -0.05) is 30.3 Å². The van der Waals surface area contributed by atoms with Crippen molar-refractivity contribution >= 4 is 33.4 Å². The summed E-state index contributed by atoms with van der Waals surface area (Å²) in [5, 5.41) is 0.512. The van der Waals surface area contributed by atoms with Gasteiger partial charge in [-0.2, -0.15) is 0 Å². The van der Waals surface area contributed by atoms with Gasteiger partial charge in [0.15, 0.2) is 5.76 Å². The Labute approximate surface area is 187 Å². The van der Waals surface area contributed by atoms with Crippen LogP contribution in [-0.2, 0) is 11.3 Å². The molecular formula is C23H20N4O4S. The summed E-state index contributed by atoms with van der Waals surface area (Å²) >= 11 is 1.46. The second-order valence-corrected chi connectivity index (χ2v) is 8.55. The third kappa shape index (κ3) is 3.82. The molecule has 9 heteroatoms. The van der Waals surface area contributed by atoms with Crippen LogP contribution in [0.4, 0.5) is 0 Å². The molecule has 32 heavy (non-hydrogen) atoms. The van der Waals surface area contributed by atoms with Gasteiger partial charge in [-0.3, -0.25) is 19.0 Å². The highest BCUT2D eigenvalue weighted by molar-refractivity contribution is 7.21. The van der Waals surface area contributed by atoms with Crippen molar-refractivity contribution in [2.45, 2.75) is 6.54 Å². The largest absolute Gasteiger partial charge is 0.459 e. The average molecular weight is 449 g/mol. The smallest absolute Gasteiger partial charge is 0.289 e. The number of carbonyl (C=O) groups excluding carboxylic acids is 2. The number of hydrogen-bond donors (Lipinski definition) is 0. The average Bonchev–Trinajstić information content (AvgIpc) is 3.52. The number of piperazine rings is 1. The van der Waals surface area contributed by atoms with Gasteiger partial charge in [0.05, 0.1) is 18.0 Å². The van der Waals surface area contributed by atoms with Crippen LogP contribution in [0.15, 0.2) is 70.3 Å². The summed E-state index contributed by atoms with van der Waals surface area (Å²) in [6, 6.07) is 15.0. The fraction of sp³-hybridized carbons (Fsp3) is 0.217. The van der Waals surface area contributed by atoms with Crippen LogP contribution in [0.2, 0.25) is 0 Å². The molecule has 4 heterocycles. The number of fused-ring (bicyclic) bond motifs is 1. The molecule has 0 N–H and O–H groups in total. The maximum atomic E-state index is 13.0. The Bertz CT molecular complexity index is 1320. The Morgan fingerprint density at radius 2 is 1.75 bits per heavy atom. The molecule has 4 aromatic rings. The summed E-state index contributed by atoms with van der Waals surface area (Å²) < 4.78 is 6.52. The first-order valence-electron chi connectivity index (χ1n) is 10.2. The first-order valence-corrected chi connectivity index (χ1v) is 11.1. The van der Waals surface area contributed by atoms with E-state index in [1.54, 1.807) is 21.9 Å². The van der Waals surface area contributed by atoms with Gasteiger partial charge >= 0.3 is 0 Å². The number of hydrogen-bond acceptors (Lipinski definition) is 6. The van der Waals surface area contributed by atoms with Crippen molar-refractivity contribution in [2.24, 2.45) is 0 Å². The number of amides is 2. The van der Waals surface area contributed by atoms with Gasteiger partial charge in [-0.05, 0) is 23.8 Å². The first-order chi connectivity index (χ1) is 15.6. The van der Waals surface area contributed by atoms with Crippen molar-refractivity contribution in [3.63, 3.8) is 0 Å². The van der Waals surface area contributed by atoms with E-state index in [4.69, 9.17) is 4.42 Å². The molecule has 1 fully saturated rings. The number of thiophene rings is 1. The van der Waals surface area contributed by atoms with E-state index in [9.17, 15) is 14.4 Å². The van der Waals surface area contributed by atoms with Crippen molar-refractivity contribution in [1.29, 1.82) is 0 Å². The third-order valence-electron chi connectivity index (χ3n) is 5.53. The molecule has 0 spiro atoms. The maximum Gasteiger partial charge on any atom is 0.289 e. The van der Waals surface area contributed by atoms with E-state index in [0.717, 1.165) is 10.4 Å². The molecule has 162 valence electrons. The lowest BCUT2D eigenvalue weighted by molar-refractivity contribution is -0.133. The SMILES string of the molecule is O=C(Cn1cnc2sc(-c3ccccc3)cc2c1=O)N1CCN(C(=O)c2ccco2)CC1. The Balaban J connectivity index is 1.27. The van der Waals surface area contributed by atoms with Crippen LogP contribution in [-0.4, -0.2) is 57.3 Å². The van der Waals surface area contributed by atoms with Crippen LogP contribution in [0, 0.1) is 0 Å². The maximum absolute atomic E-state index is 13.0. The molecule has 1 aromatic carbocycles. The Morgan fingerprint density at radius 1 is 1.00 bits per heavy atom. The minimum absolute atomic E-state index is 0.0789. The summed E-state index contributed by atoms with van der Waals surface area (Å²) in [5.41, 5.74) is 0.799. The number of aromatic nitrogens is 2.